The summed E-state index contributed by atoms with van der Waals surface area (Å²) in [4.78, 5) is 17.6. The Balaban J connectivity index is 2.11. The number of carbonyl (C=O) groups excluding carboxylic acids is 1. The van der Waals surface area contributed by atoms with Crippen LogP contribution in [-0.4, -0.2) is 23.8 Å². The van der Waals surface area contributed by atoms with Crippen LogP contribution in [0.1, 0.15) is 53.0 Å². The van der Waals surface area contributed by atoms with Gasteiger partial charge in [0.05, 0.1) is 11.6 Å². The molecule has 8 heteroatoms. The van der Waals surface area contributed by atoms with Gasteiger partial charge >= 0.3 is 12.4 Å². The molecule has 3 rings (SSSR count). The number of fused-ring (bicyclic) bond motifs is 1. The van der Waals surface area contributed by atoms with Gasteiger partial charge in [0.2, 0.25) is 0 Å². The first-order valence-electron chi connectivity index (χ1n) is 9.81. The summed E-state index contributed by atoms with van der Waals surface area (Å²) in [5, 5.41) is 0. The number of Topliss-reactive ketones (excluding diaryl/α,β-unsaturated/α-hetero) is 1. The van der Waals surface area contributed by atoms with Gasteiger partial charge in [-0.25, -0.2) is 4.99 Å². The van der Waals surface area contributed by atoms with Crippen molar-refractivity contribution in [1.29, 1.82) is 0 Å². The second-order valence-electron chi connectivity index (χ2n) is 7.87. The molecule has 0 amide bonds. The van der Waals surface area contributed by atoms with E-state index in [1.54, 1.807) is 12.1 Å². The van der Waals surface area contributed by atoms with Crippen molar-refractivity contribution < 1.29 is 31.1 Å². The number of hydrogen-bond donors (Lipinski definition) is 0. The molecule has 0 N–H and O–H groups in total. The zero-order valence-electron chi connectivity index (χ0n) is 17.0. The van der Waals surface area contributed by atoms with Crippen LogP contribution in [0.4, 0.5) is 32.0 Å². The summed E-state index contributed by atoms with van der Waals surface area (Å²) in [6.07, 6.45) is -12.2. The van der Waals surface area contributed by atoms with Gasteiger partial charge in [0.25, 0.3) is 0 Å². The van der Waals surface area contributed by atoms with E-state index in [1.165, 1.54) is 18.2 Å². The molecule has 2 aromatic rings. The highest BCUT2D eigenvalue weighted by Gasteiger charge is 2.38. The molecule has 0 fully saturated rings. The average molecular weight is 441 g/mol. The van der Waals surface area contributed by atoms with Crippen molar-refractivity contribution in [3.8, 4) is 0 Å². The topological polar surface area (TPSA) is 29.4 Å². The van der Waals surface area contributed by atoms with E-state index in [1.807, 2.05) is 19.9 Å². The molecule has 31 heavy (non-hydrogen) atoms. The van der Waals surface area contributed by atoms with E-state index >= 15 is 0 Å². The van der Waals surface area contributed by atoms with Crippen LogP contribution in [0.3, 0.4) is 0 Å². The molecule has 0 radical (unpaired) electrons. The maximum absolute atomic E-state index is 13.3. The number of alkyl halides is 6. The smallest absolute Gasteiger partial charge is 0.292 e. The maximum Gasteiger partial charge on any atom is 0.389 e. The maximum atomic E-state index is 13.3. The number of benzene rings is 2. The molecule has 0 saturated carbocycles. The summed E-state index contributed by atoms with van der Waals surface area (Å²) in [5.74, 6) is -1.80. The fraction of sp³-hybridized carbons (Fsp3) is 0.391. The number of nitrogens with zero attached hydrogens (tertiary/aromatic N) is 1. The molecule has 1 aliphatic rings. The van der Waals surface area contributed by atoms with Gasteiger partial charge in [0.1, 0.15) is 5.71 Å². The first-order chi connectivity index (χ1) is 14.3. The van der Waals surface area contributed by atoms with E-state index in [9.17, 15) is 31.1 Å². The Labute approximate surface area is 176 Å². The zero-order valence-corrected chi connectivity index (χ0v) is 17.0. The lowest BCUT2D eigenvalue weighted by Crippen LogP contribution is -2.29. The summed E-state index contributed by atoms with van der Waals surface area (Å²) in [6, 6.07) is 9.81. The third-order valence-corrected chi connectivity index (χ3v) is 5.19. The monoisotopic (exact) mass is 441 g/mol. The van der Waals surface area contributed by atoms with Gasteiger partial charge in [-0.1, -0.05) is 29.3 Å². The van der Waals surface area contributed by atoms with E-state index in [-0.39, 0.29) is 22.5 Å². The summed E-state index contributed by atoms with van der Waals surface area (Å²) in [6.45, 7) is 3.66. The molecule has 0 spiro atoms. The standard InChI is InChI=1S/C23H21F6NO/c1-13-10-14(2)12-16(11-13)20-21(31)17(7-9-23(27,28)29)19-15(6-8-22(24,25)26)4-3-5-18(19)30-20/h3-5,10-12,17H,6-9H2,1-2H3. The number of rotatable bonds is 5. The minimum absolute atomic E-state index is 0.0412. The van der Waals surface area contributed by atoms with Crippen LogP contribution in [0.2, 0.25) is 0 Å². The predicted molar refractivity (Wildman–Crippen MR) is 106 cm³/mol. The van der Waals surface area contributed by atoms with Gasteiger partial charge in [-0.2, -0.15) is 26.3 Å². The van der Waals surface area contributed by atoms with E-state index in [2.05, 4.69) is 4.99 Å². The molecule has 1 aliphatic heterocycles. The molecule has 1 unspecified atom stereocenters. The second kappa shape index (κ2) is 8.48. The Kier molecular flexibility index (Phi) is 6.30. The molecule has 166 valence electrons. The van der Waals surface area contributed by atoms with Crippen molar-refractivity contribution in [3.05, 3.63) is 64.2 Å². The van der Waals surface area contributed by atoms with E-state index in [4.69, 9.17) is 0 Å². The van der Waals surface area contributed by atoms with Crippen molar-refractivity contribution in [3.63, 3.8) is 0 Å². The molecule has 2 aromatic carbocycles. The Morgan fingerprint density at radius 1 is 0.903 bits per heavy atom. The normalized spacial score (nSPS) is 16.8. The zero-order chi connectivity index (χ0) is 23.0. The van der Waals surface area contributed by atoms with Gasteiger partial charge in [0.15, 0.2) is 5.78 Å². The number of hydrogen-bond acceptors (Lipinski definition) is 2. The minimum Gasteiger partial charge on any atom is -0.292 e. The number of aliphatic imine (C=N–C) groups is 1. The van der Waals surface area contributed by atoms with Crippen LogP contribution in [0.5, 0.6) is 0 Å². The Bertz CT molecular complexity index is 999. The molecular formula is C23H21F6NO. The molecule has 0 aromatic heterocycles. The highest BCUT2D eigenvalue weighted by Crippen LogP contribution is 2.41. The Hall–Kier alpha value is -2.64. The third kappa shape index (κ3) is 5.74. The van der Waals surface area contributed by atoms with Crippen LogP contribution >= 0.6 is 0 Å². The SMILES string of the molecule is Cc1cc(C)cc(C2=Nc3cccc(CCC(F)(F)F)c3C(CCC(F)(F)F)C2=O)c1. The van der Waals surface area contributed by atoms with Crippen molar-refractivity contribution in [2.45, 2.75) is 57.8 Å². The van der Waals surface area contributed by atoms with Crippen LogP contribution < -0.4 is 0 Å². The van der Waals surface area contributed by atoms with Crippen LogP contribution in [0.25, 0.3) is 0 Å². The fourth-order valence-corrected chi connectivity index (χ4v) is 3.97. The minimum atomic E-state index is -4.49. The lowest BCUT2D eigenvalue weighted by molar-refractivity contribution is -0.137. The molecule has 0 bridgehead atoms. The molecule has 2 nitrogen and oxygen atoms in total. The number of aryl methyl sites for hydroxylation is 3. The molecule has 1 atom stereocenters. The fourth-order valence-electron chi connectivity index (χ4n) is 3.97. The lowest BCUT2D eigenvalue weighted by Gasteiger charge is -2.27. The Morgan fingerprint density at radius 2 is 1.52 bits per heavy atom. The van der Waals surface area contributed by atoms with Crippen molar-refractivity contribution in [1.82, 2.24) is 0 Å². The number of carbonyl (C=O) groups is 1. The van der Waals surface area contributed by atoms with Crippen molar-refractivity contribution >= 4 is 17.2 Å². The molecule has 0 aliphatic carbocycles. The first kappa shape index (κ1) is 23.0. The predicted octanol–water partition coefficient (Wildman–Crippen LogP) is 6.93. The van der Waals surface area contributed by atoms with Gasteiger partial charge in [-0.05, 0) is 56.0 Å². The summed E-state index contributed by atoms with van der Waals surface area (Å²) in [5.41, 5.74) is 2.89. The quantitative estimate of drug-likeness (QED) is 0.463. The van der Waals surface area contributed by atoms with Crippen molar-refractivity contribution in [2.75, 3.05) is 0 Å². The van der Waals surface area contributed by atoms with Gasteiger partial charge in [-0.15, -0.1) is 0 Å². The molecule has 0 saturated heterocycles. The van der Waals surface area contributed by atoms with Gasteiger partial charge < -0.3 is 0 Å². The number of halogens is 6. The van der Waals surface area contributed by atoms with E-state index in [0.29, 0.717) is 5.56 Å². The van der Waals surface area contributed by atoms with Crippen LogP contribution in [-0.2, 0) is 11.2 Å². The van der Waals surface area contributed by atoms with Gasteiger partial charge in [-0.3, -0.25) is 4.79 Å². The second-order valence-corrected chi connectivity index (χ2v) is 7.87. The summed E-state index contributed by atoms with van der Waals surface area (Å²) < 4.78 is 77.2. The highest BCUT2D eigenvalue weighted by molar-refractivity contribution is 6.49. The summed E-state index contributed by atoms with van der Waals surface area (Å²) >= 11 is 0. The van der Waals surface area contributed by atoms with Crippen LogP contribution in [0, 0.1) is 13.8 Å². The van der Waals surface area contributed by atoms with E-state index < -0.39 is 49.7 Å². The molecule has 1 heterocycles. The average Bonchev–Trinajstić information content (AvgIpc) is 2.63. The Morgan fingerprint density at radius 3 is 2.10 bits per heavy atom. The van der Waals surface area contributed by atoms with Gasteiger partial charge in [0, 0.05) is 18.4 Å². The third-order valence-electron chi connectivity index (χ3n) is 5.19. The van der Waals surface area contributed by atoms with E-state index in [0.717, 1.165) is 11.1 Å². The molecular weight excluding hydrogens is 420 g/mol. The largest absolute Gasteiger partial charge is 0.389 e. The summed E-state index contributed by atoms with van der Waals surface area (Å²) in [7, 11) is 0. The number of ketones is 1. The first-order valence-corrected chi connectivity index (χ1v) is 9.81. The van der Waals surface area contributed by atoms with Crippen molar-refractivity contribution in [2.24, 2.45) is 4.99 Å². The van der Waals surface area contributed by atoms with Crippen LogP contribution in [0.15, 0.2) is 41.4 Å². The lowest BCUT2D eigenvalue weighted by atomic mass is 9.79. The highest BCUT2D eigenvalue weighted by atomic mass is 19.4.